The van der Waals surface area contributed by atoms with Gasteiger partial charge in [-0.3, -0.25) is 14.9 Å². The molecule has 1 saturated carbocycles. The van der Waals surface area contributed by atoms with E-state index in [0.29, 0.717) is 16.7 Å². The maximum absolute atomic E-state index is 13.1. The number of aromatic amines is 1. The Balaban J connectivity index is 1.50. The Morgan fingerprint density at radius 2 is 1.89 bits per heavy atom. The molecule has 1 unspecified atom stereocenters. The number of halogens is 1. The number of nitrogens with one attached hydrogen (secondary N) is 2. The van der Waals surface area contributed by atoms with Crippen molar-refractivity contribution < 1.29 is 4.79 Å². The van der Waals surface area contributed by atoms with Gasteiger partial charge in [-0.25, -0.2) is 4.98 Å². The van der Waals surface area contributed by atoms with Crippen molar-refractivity contribution in [2.45, 2.75) is 37.6 Å². The molecule has 4 rings (SSSR count). The highest BCUT2D eigenvalue weighted by molar-refractivity contribution is 6.30. The van der Waals surface area contributed by atoms with Crippen LogP contribution in [0.25, 0.3) is 11.4 Å². The summed E-state index contributed by atoms with van der Waals surface area (Å²) >= 11 is 6.00. The second-order valence-corrected chi connectivity index (χ2v) is 7.35. The maximum Gasteiger partial charge on any atom is 0.231 e. The number of hydrogen-bond acceptors (Lipinski definition) is 4. The third-order valence-electron chi connectivity index (χ3n) is 5.24. The van der Waals surface area contributed by atoms with Crippen LogP contribution in [0, 0.1) is 0 Å². The van der Waals surface area contributed by atoms with Gasteiger partial charge in [0.25, 0.3) is 0 Å². The minimum atomic E-state index is -0.479. The molecular formula is C20H20ClN5O. The van der Waals surface area contributed by atoms with Crippen LogP contribution in [0.4, 0.5) is 0 Å². The van der Waals surface area contributed by atoms with Crippen LogP contribution >= 0.6 is 11.6 Å². The molecule has 1 amide bonds. The van der Waals surface area contributed by atoms with Crippen molar-refractivity contribution in [2.24, 2.45) is 0 Å². The molecule has 0 spiro atoms. The number of hydrogen-bond donors (Lipinski definition) is 2. The summed E-state index contributed by atoms with van der Waals surface area (Å²) < 4.78 is 0. The smallest absolute Gasteiger partial charge is 0.231 e. The Bertz CT molecular complexity index is 935. The number of aromatic nitrogens is 4. The highest BCUT2D eigenvalue weighted by atomic mass is 35.5. The first-order valence-corrected chi connectivity index (χ1v) is 9.36. The highest BCUT2D eigenvalue weighted by Crippen LogP contribution is 2.44. The van der Waals surface area contributed by atoms with Gasteiger partial charge in [0.15, 0.2) is 5.82 Å². The molecule has 1 aliphatic rings. The fourth-order valence-electron chi connectivity index (χ4n) is 3.45. The van der Waals surface area contributed by atoms with Crippen LogP contribution < -0.4 is 5.32 Å². The largest absolute Gasteiger partial charge is 0.346 e. The van der Waals surface area contributed by atoms with E-state index >= 15 is 0 Å². The molecule has 2 N–H and O–H groups in total. The number of carbonyl (C=O) groups excluding carboxylic acids is 1. The number of carbonyl (C=O) groups is 1. The van der Waals surface area contributed by atoms with E-state index < -0.39 is 5.41 Å². The van der Waals surface area contributed by atoms with Crippen molar-refractivity contribution in [3.8, 4) is 11.4 Å². The molecule has 0 bridgehead atoms. The molecule has 1 fully saturated rings. The van der Waals surface area contributed by atoms with E-state index in [9.17, 15) is 4.79 Å². The van der Waals surface area contributed by atoms with Gasteiger partial charge in [-0.05, 0) is 49.6 Å². The molecule has 0 saturated heterocycles. The van der Waals surface area contributed by atoms with Crippen LogP contribution in [-0.2, 0) is 10.2 Å². The van der Waals surface area contributed by atoms with Gasteiger partial charge in [0.2, 0.25) is 5.91 Å². The van der Waals surface area contributed by atoms with Crippen molar-refractivity contribution >= 4 is 17.5 Å². The Labute approximate surface area is 162 Å². The summed E-state index contributed by atoms with van der Waals surface area (Å²) in [6.45, 7) is 1.91. The van der Waals surface area contributed by atoms with Crippen LogP contribution in [0.3, 0.4) is 0 Å². The molecule has 1 aliphatic carbocycles. The molecule has 27 heavy (non-hydrogen) atoms. The summed E-state index contributed by atoms with van der Waals surface area (Å²) in [6, 6.07) is 11.0. The third-order valence-corrected chi connectivity index (χ3v) is 5.49. The van der Waals surface area contributed by atoms with Crippen LogP contribution in [0.1, 0.15) is 43.6 Å². The first-order valence-electron chi connectivity index (χ1n) is 8.98. The fourth-order valence-corrected chi connectivity index (χ4v) is 3.57. The summed E-state index contributed by atoms with van der Waals surface area (Å²) in [5, 5.41) is 11.0. The molecule has 0 radical (unpaired) electrons. The minimum Gasteiger partial charge on any atom is -0.346 e. The minimum absolute atomic E-state index is 0.0189. The van der Waals surface area contributed by atoms with Crippen LogP contribution in [-0.4, -0.2) is 26.1 Å². The molecule has 138 valence electrons. The molecule has 1 aromatic carbocycles. The third kappa shape index (κ3) is 3.32. The molecular weight excluding hydrogens is 362 g/mol. The molecule has 3 aromatic rings. The van der Waals surface area contributed by atoms with E-state index in [0.717, 1.165) is 30.4 Å². The lowest BCUT2D eigenvalue weighted by Gasteiger charge is -2.41. The Hall–Kier alpha value is -2.73. The van der Waals surface area contributed by atoms with Gasteiger partial charge < -0.3 is 5.32 Å². The summed E-state index contributed by atoms with van der Waals surface area (Å²) in [7, 11) is 0. The molecule has 6 nitrogen and oxygen atoms in total. The zero-order chi connectivity index (χ0) is 18.9. The van der Waals surface area contributed by atoms with E-state index in [1.54, 1.807) is 12.4 Å². The van der Waals surface area contributed by atoms with Crippen molar-refractivity contribution in [3.05, 3.63) is 65.2 Å². The fraction of sp³-hybridized carbons (Fsp3) is 0.300. The summed E-state index contributed by atoms with van der Waals surface area (Å²) in [6.07, 6.45) is 6.11. The number of nitrogens with zero attached hydrogens (tertiary/aromatic N) is 3. The standard InChI is InChI=1S/C20H20ClN5O/c1-13(17-24-18(26-25-17)14-7-11-22-12-8-14)23-19(27)20(9-2-10-20)15-3-5-16(21)6-4-15/h3-8,11-13H,2,9-10H2,1H3,(H,23,27)(H,24,25,26). The highest BCUT2D eigenvalue weighted by Gasteiger charge is 2.46. The number of H-pyrrole nitrogens is 1. The quantitative estimate of drug-likeness (QED) is 0.703. The van der Waals surface area contributed by atoms with Crippen LogP contribution in [0.15, 0.2) is 48.8 Å². The van der Waals surface area contributed by atoms with E-state index in [2.05, 4.69) is 25.5 Å². The van der Waals surface area contributed by atoms with Gasteiger partial charge in [-0.15, -0.1) is 0 Å². The SMILES string of the molecule is CC(NC(=O)C1(c2ccc(Cl)cc2)CCC1)c1nc(-c2ccncc2)n[nH]1. The second kappa shape index (κ2) is 7.12. The molecule has 0 aliphatic heterocycles. The molecule has 2 aromatic heterocycles. The lowest BCUT2D eigenvalue weighted by Crippen LogP contribution is -2.49. The lowest BCUT2D eigenvalue weighted by molar-refractivity contribution is -0.130. The van der Waals surface area contributed by atoms with E-state index in [1.807, 2.05) is 43.3 Å². The first kappa shape index (κ1) is 17.7. The zero-order valence-electron chi connectivity index (χ0n) is 14.9. The van der Waals surface area contributed by atoms with Crippen molar-refractivity contribution in [2.75, 3.05) is 0 Å². The van der Waals surface area contributed by atoms with Crippen molar-refractivity contribution in [1.82, 2.24) is 25.5 Å². The average Bonchev–Trinajstić information content (AvgIpc) is 3.13. The first-order chi connectivity index (χ1) is 13.1. The Morgan fingerprint density at radius 1 is 1.19 bits per heavy atom. The van der Waals surface area contributed by atoms with E-state index in [4.69, 9.17) is 11.6 Å². The summed E-state index contributed by atoms with van der Waals surface area (Å²) in [5.74, 6) is 1.23. The van der Waals surface area contributed by atoms with Gasteiger partial charge >= 0.3 is 0 Å². The monoisotopic (exact) mass is 381 g/mol. The van der Waals surface area contributed by atoms with E-state index in [1.165, 1.54) is 0 Å². The normalized spacial score (nSPS) is 16.4. The maximum atomic E-state index is 13.1. The molecule has 2 heterocycles. The van der Waals surface area contributed by atoms with Gasteiger partial charge in [-0.1, -0.05) is 30.2 Å². The molecule has 7 heteroatoms. The summed E-state index contributed by atoms with van der Waals surface area (Å²) in [5.41, 5.74) is 1.41. The van der Waals surface area contributed by atoms with Gasteiger partial charge in [-0.2, -0.15) is 5.10 Å². The predicted molar refractivity (Wildman–Crippen MR) is 103 cm³/mol. The number of amides is 1. The van der Waals surface area contributed by atoms with Crippen molar-refractivity contribution in [3.63, 3.8) is 0 Å². The predicted octanol–water partition coefficient (Wildman–Crippen LogP) is 3.82. The van der Waals surface area contributed by atoms with Gasteiger partial charge in [0.1, 0.15) is 5.82 Å². The molecule has 1 atom stereocenters. The Kier molecular flexibility index (Phi) is 4.66. The van der Waals surface area contributed by atoms with E-state index in [-0.39, 0.29) is 11.9 Å². The van der Waals surface area contributed by atoms with Crippen LogP contribution in [0.5, 0.6) is 0 Å². The average molecular weight is 382 g/mol. The second-order valence-electron chi connectivity index (χ2n) is 6.92. The zero-order valence-corrected chi connectivity index (χ0v) is 15.7. The Morgan fingerprint density at radius 3 is 2.52 bits per heavy atom. The topological polar surface area (TPSA) is 83.6 Å². The number of benzene rings is 1. The number of pyridine rings is 1. The number of rotatable bonds is 5. The van der Waals surface area contributed by atoms with Crippen molar-refractivity contribution in [1.29, 1.82) is 0 Å². The van der Waals surface area contributed by atoms with Crippen LogP contribution in [0.2, 0.25) is 5.02 Å². The lowest BCUT2D eigenvalue weighted by atomic mass is 9.63. The van der Waals surface area contributed by atoms with Gasteiger partial charge in [0.05, 0.1) is 11.5 Å². The summed E-state index contributed by atoms with van der Waals surface area (Å²) in [4.78, 5) is 21.6. The van der Waals surface area contributed by atoms with Gasteiger partial charge in [0, 0.05) is 23.0 Å².